The first-order valence-corrected chi connectivity index (χ1v) is 10.4. The Kier molecular flexibility index (Phi) is 8.43. The van der Waals surface area contributed by atoms with Gasteiger partial charge in [0.1, 0.15) is 5.15 Å². The Bertz CT molecular complexity index is 794. The van der Waals surface area contributed by atoms with Gasteiger partial charge in [-0.2, -0.15) is 0 Å². The zero-order valence-electron chi connectivity index (χ0n) is 17.2. The quantitative estimate of drug-likeness (QED) is 0.635. The third kappa shape index (κ3) is 5.32. The van der Waals surface area contributed by atoms with Crippen molar-refractivity contribution in [3.63, 3.8) is 0 Å². The third-order valence-electron chi connectivity index (χ3n) is 5.01. The molecule has 0 bridgehead atoms. The number of hydrogen-bond acceptors (Lipinski definition) is 3. The second-order valence-electron chi connectivity index (χ2n) is 6.80. The van der Waals surface area contributed by atoms with E-state index < -0.39 is 5.60 Å². The van der Waals surface area contributed by atoms with Crippen LogP contribution >= 0.6 is 11.6 Å². The van der Waals surface area contributed by atoms with Crippen molar-refractivity contribution in [2.45, 2.75) is 45.8 Å². The molecular weight excluding hydrogens is 368 g/mol. The molecule has 0 amide bonds. The fourth-order valence-corrected chi connectivity index (χ4v) is 3.81. The van der Waals surface area contributed by atoms with Gasteiger partial charge in [-0.05, 0) is 37.5 Å². The Balaban J connectivity index is 0.00000136. The monoisotopic (exact) mass is 398 g/mol. The van der Waals surface area contributed by atoms with Crippen molar-refractivity contribution in [2.24, 2.45) is 0 Å². The highest BCUT2D eigenvalue weighted by molar-refractivity contribution is 6.30. The normalized spacial score (nSPS) is 16.5. The first-order chi connectivity index (χ1) is 13.6. The lowest BCUT2D eigenvalue weighted by atomic mass is 9.84. The lowest BCUT2D eigenvalue weighted by molar-refractivity contribution is -0.0279. The number of likely N-dealkylation sites (tertiary alicyclic amines) is 1. The molecule has 1 fully saturated rings. The summed E-state index contributed by atoms with van der Waals surface area (Å²) in [6, 6.07) is 12.4. The average Bonchev–Trinajstić information content (AvgIpc) is 2.72. The lowest BCUT2D eigenvalue weighted by Crippen LogP contribution is -2.42. The van der Waals surface area contributed by atoms with E-state index in [1.165, 1.54) is 5.56 Å². The summed E-state index contributed by atoms with van der Waals surface area (Å²) in [6.45, 7) is 12.3. The van der Waals surface area contributed by atoms with Crippen molar-refractivity contribution in [1.29, 1.82) is 0 Å². The summed E-state index contributed by atoms with van der Waals surface area (Å²) in [7, 11) is 0. The predicted octanol–water partition coefficient (Wildman–Crippen LogP) is 5.92. The zero-order chi connectivity index (χ0) is 20.6. The largest absolute Gasteiger partial charge is 0.385 e. The van der Waals surface area contributed by atoms with Crippen LogP contribution in [0.4, 0.5) is 0 Å². The highest BCUT2D eigenvalue weighted by atomic mass is 35.5. The summed E-state index contributed by atoms with van der Waals surface area (Å²) in [5.41, 5.74) is 2.73. The molecule has 0 radical (unpaired) electrons. The molecule has 1 aromatic carbocycles. The Hall–Kier alpha value is -1.94. The van der Waals surface area contributed by atoms with Gasteiger partial charge in [0.15, 0.2) is 0 Å². The molecule has 3 rings (SSSR count). The molecule has 0 spiro atoms. The van der Waals surface area contributed by atoms with E-state index in [9.17, 15) is 5.11 Å². The van der Waals surface area contributed by atoms with Crippen molar-refractivity contribution >= 4 is 23.8 Å². The van der Waals surface area contributed by atoms with Crippen molar-refractivity contribution in [1.82, 2.24) is 9.88 Å². The van der Waals surface area contributed by atoms with E-state index in [-0.39, 0.29) is 0 Å². The molecule has 4 heteroatoms. The maximum Gasteiger partial charge on any atom is 0.135 e. The van der Waals surface area contributed by atoms with Crippen LogP contribution in [0.2, 0.25) is 5.15 Å². The summed E-state index contributed by atoms with van der Waals surface area (Å²) in [5, 5.41) is 11.6. The van der Waals surface area contributed by atoms with Crippen molar-refractivity contribution in [3.8, 4) is 0 Å². The second-order valence-corrected chi connectivity index (χ2v) is 7.16. The third-order valence-corrected chi connectivity index (χ3v) is 5.30. The number of hydrogen-bond donors (Lipinski definition) is 1. The van der Waals surface area contributed by atoms with Crippen LogP contribution < -0.4 is 0 Å². The molecule has 0 aliphatic carbocycles. The Morgan fingerprint density at radius 2 is 1.86 bits per heavy atom. The topological polar surface area (TPSA) is 36.4 Å². The number of allylic oxidation sites excluding steroid dienone is 1. The van der Waals surface area contributed by atoms with Crippen LogP contribution in [0.1, 0.15) is 56.0 Å². The molecule has 0 saturated carbocycles. The van der Waals surface area contributed by atoms with Gasteiger partial charge in [0, 0.05) is 30.8 Å². The average molecular weight is 399 g/mol. The summed E-state index contributed by atoms with van der Waals surface area (Å²) in [6.07, 6.45) is 6.86. The summed E-state index contributed by atoms with van der Waals surface area (Å²) in [5.74, 6) is 0. The minimum atomic E-state index is -0.941. The SMILES string of the molecule is C=Cc1cc(C2(O)CCN(Cc3ccccc3)CC2)c(Cl)nc1/C=C\C.CC. The maximum atomic E-state index is 11.2. The summed E-state index contributed by atoms with van der Waals surface area (Å²) < 4.78 is 0. The number of aliphatic hydroxyl groups is 1. The van der Waals surface area contributed by atoms with Crippen LogP contribution in [0.25, 0.3) is 12.2 Å². The molecule has 1 N–H and O–H groups in total. The van der Waals surface area contributed by atoms with Crippen LogP contribution in [-0.4, -0.2) is 28.1 Å². The molecule has 0 atom stereocenters. The molecule has 0 unspecified atom stereocenters. The van der Waals surface area contributed by atoms with Gasteiger partial charge in [-0.3, -0.25) is 4.90 Å². The number of pyridine rings is 1. The van der Waals surface area contributed by atoms with Gasteiger partial charge in [-0.1, -0.05) is 74.5 Å². The predicted molar refractivity (Wildman–Crippen MR) is 120 cm³/mol. The minimum absolute atomic E-state index is 0.378. The first-order valence-electron chi connectivity index (χ1n) is 10.0. The number of halogens is 1. The van der Waals surface area contributed by atoms with Gasteiger partial charge < -0.3 is 5.11 Å². The van der Waals surface area contributed by atoms with E-state index >= 15 is 0 Å². The number of aromatic nitrogens is 1. The number of rotatable bonds is 5. The fraction of sp³-hybridized carbons (Fsp3) is 0.375. The van der Waals surface area contributed by atoms with Gasteiger partial charge in [0.05, 0.1) is 11.3 Å². The number of benzene rings is 1. The zero-order valence-corrected chi connectivity index (χ0v) is 17.9. The van der Waals surface area contributed by atoms with Crippen molar-refractivity contribution in [3.05, 3.63) is 76.6 Å². The molecule has 1 saturated heterocycles. The molecule has 28 heavy (non-hydrogen) atoms. The van der Waals surface area contributed by atoms with E-state index in [0.717, 1.165) is 30.9 Å². The molecule has 1 aromatic heterocycles. The highest BCUT2D eigenvalue weighted by Crippen LogP contribution is 2.37. The molecule has 150 valence electrons. The lowest BCUT2D eigenvalue weighted by Gasteiger charge is -2.39. The van der Waals surface area contributed by atoms with Gasteiger partial charge >= 0.3 is 0 Å². The Labute approximate surface area is 174 Å². The smallest absolute Gasteiger partial charge is 0.135 e. The van der Waals surface area contributed by atoms with Gasteiger partial charge in [-0.15, -0.1) is 0 Å². The summed E-state index contributed by atoms with van der Waals surface area (Å²) >= 11 is 6.43. The standard InChI is InChI=1S/C22H25ClN2O.C2H6/c1-3-8-20-18(4-2)15-19(21(23)24-20)22(26)11-13-25(14-12-22)16-17-9-6-5-7-10-17;1-2/h3-10,15,26H,2,11-14,16H2,1H3;1-2H3/b8-3-;. The fourth-order valence-electron chi connectivity index (χ4n) is 3.49. The van der Waals surface area contributed by atoms with E-state index in [1.807, 2.05) is 45.1 Å². The molecule has 1 aliphatic heterocycles. The van der Waals surface area contributed by atoms with Crippen LogP contribution in [0.15, 0.2) is 49.1 Å². The Morgan fingerprint density at radius 3 is 2.43 bits per heavy atom. The van der Waals surface area contributed by atoms with E-state index in [1.54, 1.807) is 6.08 Å². The van der Waals surface area contributed by atoms with E-state index in [2.05, 4.69) is 40.7 Å². The molecule has 1 aliphatic rings. The van der Waals surface area contributed by atoms with Gasteiger partial charge in [0.25, 0.3) is 0 Å². The molecule has 2 heterocycles. The van der Waals surface area contributed by atoms with Gasteiger partial charge in [0.2, 0.25) is 0 Å². The van der Waals surface area contributed by atoms with Crippen LogP contribution in [0, 0.1) is 0 Å². The van der Waals surface area contributed by atoms with E-state index in [0.29, 0.717) is 23.6 Å². The maximum absolute atomic E-state index is 11.2. The molecule has 2 aromatic rings. The van der Waals surface area contributed by atoms with Gasteiger partial charge in [-0.25, -0.2) is 4.98 Å². The summed E-state index contributed by atoms with van der Waals surface area (Å²) in [4.78, 5) is 6.84. The van der Waals surface area contributed by atoms with Crippen LogP contribution in [-0.2, 0) is 12.1 Å². The first kappa shape index (κ1) is 22.4. The number of piperidine rings is 1. The highest BCUT2D eigenvalue weighted by Gasteiger charge is 2.36. The van der Waals surface area contributed by atoms with Crippen LogP contribution in [0.3, 0.4) is 0 Å². The van der Waals surface area contributed by atoms with Crippen molar-refractivity contribution in [2.75, 3.05) is 13.1 Å². The van der Waals surface area contributed by atoms with Crippen LogP contribution in [0.5, 0.6) is 0 Å². The molecular formula is C24H31ClN2O. The number of nitrogens with zero attached hydrogens (tertiary/aromatic N) is 2. The van der Waals surface area contributed by atoms with Crippen molar-refractivity contribution < 1.29 is 5.11 Å². The van der Waals surface area contributed by atoms with E-state index in [4.69, 9.17) is 11.6 Å². The molecule has 3 nitrogen and oxygen atoms in total. The second kappa shape index (κ2) is 10.6. The minimum Gasteiger partial charge on any atom is -0.385 e. The Morgan fingerprint density at radius 1 is 1.21 bits per heavy atom.